The minimum atomic E-state index is 0.313. The molecule has 2 nitrogen and oxygen atoms in total. The minimum absolute atomic E-state index is 0.313. The molecule has 0 spiro atoms. The van der Waals surface area contributed by atoms with E-state index in [-0.39, 0.29) is 0 Å². The second kappa shape index (κ2) is 4.60. The molecule has 0 amide bonds. The van der Waals surface area contributed by atoms with Crippen molar-refractivity contribution in [1.82, 2.24) is 4.57 Å². The Morgan fingerprint density at radius 2 is 2.06 bits per heavy atom. The molecular weight excluding hydrogens is 222 g/mol. The van der Waals surface area contributed by atoms with E-state index in [1.54, 1.807) is 0 Å². The van der Waals surface area contributed by atoms with E-state index in [1.807, 2.05) is 6.20 Å². The molecule has 0 atom stereocenters. The van der Waals surface area contributed by atoms with Gasteiger partial charge in [-0.25, -0.2) is 0 Å². The van der Waals surface area contributed by atoms with Crippen LogP contribution in [0.3, 0.4) is 0 Å². The van der Waals surface area contributed by atoms with Crippen LogP contribution < -0.4 is 0 Å². The molecule has 0 N–H and O–H groups in total. The van der Waals surface area contributed by atoms with Gasteiger partial charge in [-0.05, 0) is 43.4 Å². The molecule has 0 unspecified atom stereocenters. The van der Waals surface area contributed by atoms with Crippen molar-refractivity contribution in [1.29, 1.82) is 0 Å². The van der Waals surface area contributed by atoms with Crippen LogP contribution in [0.5, 0.6) is 0 Å². The third-order valence-electron chi connectivity index (χ3n) is 4.06. The zero-order valence-corrected chi connectivity index (χ0v) is 10.9. The molecule has 1 aliphatic rings. The molecule has 0 radical (unpaired) electrons. The van der Waals surface area contributed by atoms with Gasteiger partial charge in [-0.2, -0.15) is 0 Å². The molecule has 94 valence electrons. The van der Waals surface area contributed by atoms with Crippen LogP contribution in [0.15, 0.2) is 30.5 Å². The Bertz CT molecular complexity index is 576. The van der Waals surface area contributed by atoms with Gasteiger partial charge in [-0.1, -0.05) is 24.5 Å². The van der Waals surface area contributed by atoms with Gasteiger partial charge >= 0.3 is 0 Å². The molecule has 1 fully saturated rings. The molecule has 1 saturated carbocycles. The highest BCUT2D eigenvalue weighted by molar-refractivity contribution is 5.85. The molecule has 1 aliphatic carbocycles. The molecule has 0 bridgehead atoms. The molecule has 1 aromatic carbocycles. The van der Waals surface area contributed by atoms with Crippen molar-refractivity contribution in [2.24, 2.45) is 5.92 Å². The van der Waals surface area contributed by atoms with E-state index >= 15 is 0 Å². The van der Waals surface area contributed by atoms with Crippen molar-refractivity contribution in [3.05, 3.63) is 36.0 Å². The van der Waals surface area contributed by atoms with Crippen molar-refractivity contribution in [2.75, 3.05) is 0 Å². The average molecular weight is 241 g/mol. The summed E-state index contributed by atoms with van der Waals surface area (Å²) in [5.41, 5.74) is 2.44. The van der Waals surface area contributed by atoms with Crippen molar-refractivity contribution in [2.45, 2.75) is 39.2 Å². The second-order valence-electron chi connectivity index (χ2n) is 5.45. The molecule has 0 aliphatic heterocycles. The largest absolute Gasteiger partial charge is 0.340 e. The van der Waals surface area contributed by atoms with Crippen LogP contribution in [-0.4, -0.2) is 10.4 Å². The van der Waals surface area contributed by atoms with Crippen LogP contribution in [0.25, 0.3) is 10.9 Å². The summed E-state index contributed by atoms with van der Waals surface area (Å²) in [5, 5.41) is 1.23. The van der Waals surface area contributed by atoms with E-state index in [1.165, 1.54) is 29.3 Å². The lowest BCUT2D eigenvalue weighted by molar-refractivity contribution is -0.123. The number of carbonyl (C=O) groups excluding carboxylic acids is 1. The minimum Gasteiger partial charge on any atom is -0.340 e. The van der Waals surface area contributed by atoms with Crippen LogP contribution in [0, 0.1) is 12.8 Å². The summed E-state index contributed by atoms with van der Waals surface area (Å²) in [6.45, 7) is 2.64. The smallest absolute Gasteiger partial charge is 0.155 e. The van der Waals surface area contributed by atoms with Crippen molar-refractivity contribution < 1.29 is 4.79 Å². The Kier molecular flexibility index (Phi) is 2.94. The third kappa shape index (κ3) is 2.07. The number of aromatic nitrogens is 1. The molecule has 1 heterocycles. The Morgan fingerprint density at radius 3 is 2.83 bits per heavy atom. The Labute approximate surface area is 108 Å². The quantitative estimate of drug-likeness (QED) is 0.803. The lowest BCUT2D eigenvalue weighted by atomic mass is 10.0. The Morgan fingerprint density at radius 1 is 1.28 bits per heavy atom. The SMILES string of the molecule is Cc1ccc2c(ccn2CC(=O)C2CCCC2)c1. The van der Waals surface area contributed by atoms with Gasteiger partial charge in [-0.3, -0.25) is 4.79 Å². The summed E-state index contributed by atoms with van der Waals surface area (Å²) >= 11 is 0. The van der Waals surface area contributed by atoms with E-state index in [4.69, 9.17) is 0 Å². The van der Waals surface area contributed by atoms with Crippen LogP contribution >= 0.6 is 0 Å². The summed E-state index contributed by atoms with van der Waals surface area (Å²) in [6, 6.07) is 8.50. The van der Waals surface area contributed by atoms with Crippen LogP contribution in [0.2, 0.25) is 0 Å². The first-order valence-electron chi connectivity index (χ1n) is 6.82. The number of rotatable bonds is 3. The lowest BCUT2D eigenvalue weighted by Gasteiger charge is -2.09. The monoisotopic (exact) mass is 241 g/mol. The number of Topliss-reactive ketones (excluding diaryl/α,β-unsaturated/α-hetero) is 1. The first-order chi connectivity index (χ1) is 8.74. The molecule has 1 aromatic heterocycles. The highest BCUT2D eigenvalue weighted by atomic mass is 16.1. The highest BCUT2D eigenvalue weighted by Crippen LogP contribution is 2.26. The van der Waals surface area contributed by atoms with E-state index in [2.05, 4.69) is 35.8 Å². The maximum Gasteiger partial charge on any atom is 0.155 e. The molecule has 2 aromatic rings. The van der Waals surface area contributed by atoms with Gasteiger partial charge in [0.05, 0.1) is 6.54 Å². The summed E-state index contributed by atoms with van der Waals surface area (Å²) in [6.07, 6.45) is 6.68. The van der Waals surface area contributed by atoms with Gasteiger partial charge in [0.15, 0.2) is 5.78 Å². The second-order valence-corrected chi connectivity index (χ2v) is 5.45. The van der Waals surface area contributed by atoms with Gasteiger partial charge in [0.2, 0.25) is 0 Å². The van der Waals surface area contributed by atoms with Gasteiger partial charge < -0.3 is 4.57 Å². The standard InChI is InChI=1S/C16H19NO/c1-12-6-7-15-14(10-12)8-9-17(15)11-16(18)13-4-2-3-5-13/h6-10,13H,2-5,11H2,1H3. The van der Waals surface area contributed by atoms with Crippen molar-refractivity contribution in [3.8, 4) is 0 Å². The van der Waals surface area contributed by atoms with Gasteiger partial charge in [0.1, 0.15) is 0 Å². The molecule has 18 heavy (non-hydrogen) atoms. The molecule has 0 saturated heterocycles. The summed E-state index contributed by atoms with van der Waals surface area (Å²) in [5.74, 6) is 0.721. The fourth-order valence-electron chi connectivity index (χ4n) is 3.00. The Hall–Kier alpha value is -1.57. The number of aryl methyl sites for hydroxylation is 1. The molecule has 3 rings (SSSR count). The number of carbonyl (C=O) groups is 1. The van der Waals surface area contributed by atoms with Gasteiger partial charge in [-0.15, -0.1) is 0 Å². The number of hydrogen-bond donors (Lipinski definition) is 0. The van der Waals surface area contributed by atoms with Gasteiger partial charge in [0, 0.05) is 17.6 Å². The van der Waals surface area contributed by atoms with Crippen molar-refractivity contribution in [3.63, 3.8) is 0 Å². The molecular formula is C16H19NO. The zero-order valence-electron chi connectivity index (χ0n) is 10.9. The number of fused-ring (bicyclic) bond motifs is 1. The Balaban J connectivity index is 1.84. The summed E-state index contributed by atoms with van der Waals surface area (Å²) in [7, 11) is 0. The number of nitrogens with zero attached hydrogens (tertiary/aromatic N) is 1. The maximum absolute atomic E-state index is 12.2. The fourth-order valence-corrected chi connectivity index (χ4v) is 3.00. The van der Waals surface area contributed by atoms with E-state index in [9.17, 15) is 4.79 Å². The highest BCUT2D eigenvalue weighted by Gasteiger charge is 2.22. The first kappa shape index (κ1) is 11.5. The summed E-state index contributed by atoms with van der Waals surface area (Å²) in [4.78, 5) is 12.2. The maximum atomic E-state index is 12.2. The number of ketones is 1. The normalized spacial score (nSPS) is 16.5. The predicted octanol–water partition coefficient (Wildman–Crippen LogP) is 3.71. The van der Waals surface area contributed by atoms with E-state index in [0.717, 1.165) is 12.8 Å². The topological polar surface area (TPSA) is 22.0 Å². The fraction of sp³-hybridized carbons (Fsp3) is 0.438. The third-order valence-corrected chi connectivity index (χ3v) is 4.06. The average Bonchev–Trinajstić information content (AvgIpc) is 2.98. The lowest BCUT2D eigenvalue weighted by Crippen LogP contribution is -2.17. The van der Waals surface area contributed by atoms with Crippen LogP contribution in [0.1, 0.15) is 31.2 Å². The van der Waals surface area contributed by atoms with E-state index < -0.39 is 0 Å². The summed E-state index contributed by atoms with van der Waals surface area (Å²) < 4.78 is 2.09. The van der Waals surface area contributed by atoms with Crippen LogP contribution in [-0.2, 0) is 11.3 Å². The van der Waals surface area contributed by atoms with Crippen molar-refractivity contribution >= 4 is 16.7 Å². The zero-order chi connectivity index (χ0) is 12.5. The van der Waals surface area contributed by atoms with Gasteiger partial charge in [0.25, 0.3) is 0 Å². The van der Waals surface area contributed by atoms with Crippen LogP contribution in [0.4, 0.5) is 0 Å². The predicted molar refractivity (Wildman–Crippen MR) is 73.6 cm³/mol. The number of hydrogen-bond acceptors (Lipinski definition) is 1. The van der Waals surface area contributed by atoms with E-state index in [0.29, 0.717) is 18.2 Å². The first-order valence-corrected chi connectivity index (χ1v) is 6.82. The number of benzene rings is 1. The molecule has 2 heteroatoms.